The number of hydrogen-bond acceptors (Lipinski definition) is 3. The normalized spacial score (nSPS) is 27.4. The lowest BCUT2D eigenvalue weighted by Crippen LogP contribution is -2.47. The number of amides is 2. The van der Waals surface area contributed by atoms with Gasteiger partial charge in [-0.25, -0.2) is 0 Å². The maximum absolute atomic E-state index is 13.0. The van der Waals surface area contributed by atoms with Crippen LogP contribution >= 0.6 is 0 Å². The number of likely N-dealkylation sites (tertiary alicyclic amines) is 3. The molecule has 5 heteroatoms. The lowest BCUT2D eigenvalue weighted by Gasteiger charge is -2.37. The van der Waals surface area contributed by atoms with E-state index in [1.165, 1.54) is 12.0 Å². The second kappa shape index (κ2) is 8.64. The van der Waals surface area contributed by atoms with Crippen LogP contribution in [0.2, 0.25) is 0 Å². The van der Waals surface area contributed by atoms with Gasteiger partial charge in [-0.15, -0.1) is 0 Å². The van der Waals surface area contributed by atoms with Crippen LogP contribution in [0.15, 0.2) is 30.3 Å². The van der Waals surface area contributed by atoms with E-state index in [9.17, 15) is 9.59 Å². The van der Waals surface area contributed by atoms with Crippen molar-refractivity contribution in [1.82, 2.24) is 14.7 Å². The van der Waals surface area contributed by atoms with Gasteiger partial charge in [-0.1, -0.05) is 30.3 Å². The molecule has 5 nitrogen and oxygen atoms in total. The summed E-state index contributed by atoms with van der Waals surface area (Å²) >= 11 is 0. The Labute approximate surface area is 168 Å². The smallest absolute Gasteiger partial charge is 0.228 e. The van der Waals surface area contributed by atoms with Crippen molar-refractivity contribution < 1.29 is 9.59 Å². The van der Waals surface area contributed by atoms with Crippen LogP contribution in [0.25, 0.3) is 0 Å². The van der Waals surface area contributed by atoms with Crippen LogP contribution < -0.4 is 0 Å². The van der Waals surface area contributed by atoms with E-state index in [-0.39, 0.29) is 17.7 Å². The summed E-state index contributed by atoms with van der Waals surface area (Å²) in [5, 5.41) is 0. The van der Waals surface area contributed by atoms with Crippen molar-refractivity contribution in [3.05, 3.63) is 35.9 Å². The van der Waals surface area contributed by atoms with Gasteiger partial charge in [0.15, 0.2) is 0 Å². The molecule has 4 rings (SSSR count). The first kappa shape index (κ1) is 19.4. The summed E-state index contributed by atoms with van der Waals surface area (Å²) in [6.45, 7) is 6.66. The molecule has 3 heterocycles. The monoisotopic (exact) mass is 383 g/mol. The van der Waals surface area contributed by atoms with E-state index >= 15 is 0 Å². The first-order chi connectivity index (χ1) is 13.6. The number of piperidine rings is 2. The fraction of sp³-hybridized carbons (Fsp3) is 0.652. The highest BCUT2D eigenvalue weighted by atomic mass is 16.2. The van der Waals surface area contributed by atoms with Crippen LogP contribution in [0, 0.1) is 5.92 Å². The van der Waals surface area contributed by atoms with Crippen LogP contribution in [-0.4, -0.2) is 64.8 Å². The van der Waals surface area contributed by atoms with Crippen molar-refractivity contribution in [2.24, 2.45) is 5.92 Å². The van der Waals surface area contributed by atoms with Crippen LogP contribution in [0.4, 0.5) is 0 Å². The Hall–Kier alpha value is -1.88. The van der Waals surface area contributed by atoms with E-state index in [1.807, 2.05) is 9.80 Å². The zero-order valence-electron chi connectivity index (χ0n) is 17.1. The average molecular weight is 384 g/mol. The van der Waals surface area contributed by atoms with Gasteiger partial charge >= 0.3 is 0 Å². The van der Waals surface area contributed by atoms with Crippen LogP contribution in [0.3, 0.4) is 0 Å². The highest BCUT2D eigenvalue weighted by Gasteiger charge is 2.41. The Balaban J connectivity index is 1.29. The second-order valence-electron chi connectivity index (χ2n) is 8.82. The van der Waals surface area contributed by atoms with E-state index in [4.69, 9.17) is 0 Å². The molecule has 0 aromatic heterocycles. The molecule has 1 aromatic rings. The first-order valence-electron chi connectivity index (χ1n) is 11.0. The van der Waals surface area contributed by atoms with Crippen LogP contribution in [0.5, 0.6) is 0 Å². The van der Waals surface area contributed by atoms with Gasteiger partial charge in [0, 0.05) is 51.2 Å². The molecule has 0 aliphatic carbocycles. The quantitative estimate of drug-likeness (QED) is 0.803. The highest BCUT2D eigenvalue weighted by molar-refractivity contribution is 5.89. The SMILES string of the molecule is CC1CCCCN1C(=O)C1CC(=O)N(C2CCN(Cc3ccccc3)CC2)C1. The third-order valence-corrected chi connectivity index (χ3v) is 6.84. The largest absolute Gasteiger partial charge is 0.340 e. The molecule has 28 heavy (non-hydrogen) atoms. The summed E-state index contributed by atoms with van der Waals surface area (Å²) < 4.78 is 0. The molecule has 1 aromatic carbocycles. The number of benzene rings is 1. The van der Waals surface area contributed by atoms with Gasteiger partial charge in [-0.3, -0.25) is 14.5 Å². The standard InChI is InChI=1S/C23H33N3O2/c1-18-7-5-6-12-25(18)23(28)20-15-22(27)26(17-20)21-10-13-24(14-11-21)16-19-8-3-2-4-9-19/h2-4,8-9,18,20-21H,5-7,10-17H2,1H3. The number of carbonyl (C=O) groups is 2. The molecule has 0 N–H and O–H groups in total. The minimum absolute atomic E-state index is 0.129. The molecule has 3 saturated heterocycles. The van der Waals surface area contributed by atoms with Gasteiger partial charge in [0.1, 0.15) is 0 Å². The van der Waals surface area contributed by atoms with Crippen molar-refractivity contribution in [3.8, 4) is 0 Å². The molecule has 0 saturated carbocycles. The zero-order chi connectivity index (χ0) is 19.5. The number of carbonyl (C=O) groups excluding carboxylic acids is 2. The minimum atomic E-state index is -0.129. The lowest BCUT2D eigenvalue weighted by atomic mass is 9.99. The van der Waals surface area contributed by atoms with Crippen molar-refractivity contribution in [3.63, 3.8) is 0 Å². The van der Waals surface area contributed by atoms with Crippen molar-refractivity contribution in [2.75, 3.05) is 26.2 Å². The average Bonchev–Trinajstić information content (AvgIpc) is 3.11. The predicted octanol–water partition coefficient (Wildman–Crippen LogP) is 2.90. The highest BCUT2D eigenvalue weighted by Crippen LogP contribution is 2.29. The van der Waals surface area contributed by atoms with Gasteiger partial charge in [-0.05, 0) is 44.6 Å². The molecular formula is C23H33N3O2. The van der Waals surface area contributed by atoms with E-state index in [2.05, 4.69) is 42.2 Å². The van der Waals surface area contributed by atoms with E-state index in [0.29, 0.717) is 25.0 Å². The van der Waals surface area contributed by atoms with Crippen LogP contribution in [0.1, 0.15) is 51.0 Å². The van der Waals surface area contributed by atoms with E-state index in [0.717, 1.165) is 51.9 Å². The molecular weight excluding hydrogens is 350 g/mol. The molecule has 2 amide bonds. The fourth-order valence-corrected chi connectivity index (χ4v) is 5.14. The molecule has 0 bridgehead atoms. The minimum Gasteiger partial charge on any atom is -0.340 e. The van der Waals surface area contributed by atoms with Crippen molar-refractivity contribution in [1.29, 1.82) is 0 Å². The van der Waals surface area contributed by atoms with Crippen LogP contribution in [-0.2, 0) is 16.1 Å². The lowest BCUT2D eigenvalue weighted by molar-refractivity contribution is -0.139. The second-order valence-corrected chi connectivity index (χ2v) is 8.82. The maximum atomic E-state index is 13.0. The topological polar surface area (TPSA) is 43.9 Å². The zero-order valence-corrected chi connectivity index (χ0v) is 17.1. The Bertz CT molecular complexity index is 684. The van der Waals surface area contributed by atoms with Gasteiger partial charge < -0.3 is 9.80 Å². The summed E-state index contributed by atoms with van der Waals surface area (Å²) in [4.78, 5) is 32.2. The van der Waals surface area contributed by atoms with E-state index < -0.39 is 0 Å². The molecule has 152 valence electrons. The number of hydrogen-bond donors (Lipinski definition) is 0. The summed E-state index contributed by atoms with van der Waals surface area (Å²) in [6, 6.07) is 11.2. The summed E-state index contributed by atoms with van der Waals surface area (Å²) in [7, 11) is 0. The van der Waals surface area contributed by atoms with E-state index in [1.54, 1.807) is 0 Å². The summed E-state index contributed by atoms with van der Waals surface area (Å²) in [5.41, 5.74) is 1.35. The number of rotatable bonds is 4. The molecule has 0 radical (unpaired) electrons. The van der Waals surface area contributed by atoms with Gasteiger partial charge in [0.2, 0.25) is 11.8 Å². The number of nitrogens with zero attached hydrogens (tertiary/aromatic N) is 3. The van der Waals surface area contributed by atoms with Gasteiger partial charge in [0.05, 0.1) is 5.92 Å². The molecule has 2 atom stereocenters. The fourth-order valence-electron chi connectivity index (χ4n) is 5.14. The maximum Gasteiger partial charge on any atom is 0.228 e. The summed E-state index contributed by atoms with van der Waals surface area (Å²) in [6.07, 6.45) is 5.84. The van der Waals surface area contributed by atoms with Crippen molar-refractivity contribution >= 4 is 11.8 Å². The Morgan fingerprint density at radius 2 is 1.79 bits per heavy atom. The Kier molecular flexibility index (Phi) is 6.00. The molecule has 0 spiro atoms. The third kappa shape index (κ3) is 4.24. The van der Waals surface area contributed by atoms with Crippen molar-refractivity contribution in [2.45, 2.75) is 64.1 Å². The first-order valence-corrected chi connectivity index (χ1v) is 11.0. The molecule has 3 aliphatic heterocycles. The third-order valence-electron chi connectivity index (χ3n) is 6.84. The predicted molar refractivity (Wildman–Crippen MR) is 110 cm³/mol. The molecule has 3 aliphatic rings. The Morgan fingerprint density at radius 3 is 2.50 bits per heavy atom. The Morgan fingerprint density at radius 1 is 1.04 bits per heavy atom. The summed E-state index contributed by atoms with van der Waals surface area (Å²) in [5.74, 6) is 0.268. The molecule has 3 fully saturated rings. The molecule has 2 unspecified atom stereocenters. The van der Waals surface area contributed by atoms with Gasteiger partial charge in [-0.2, -0.15) is 0 Å². The van der Waals surface area contributed by atoms with Gasteiger partial charge in [0.25, 0.3) is 0 Å².